The predicted octanol–water partition coefficient (Wildman–Crippen LogP) is 2.68. The first-order valence-corrected chi connectivity index (χ1v) is 14.9. The van der Waals surface area contributed by atoms with Crippen molar-refractivity contribution in [2.45, 2.75) is 11.3 Å². The Labute approximate surface area is 303 Å². The topological polar surface area (TPSA) is 148 Å². The number of aromatic nitrogens is 1. The van der Waals surface area contributed by atoms with Gasteiger partial charge >= 0.3 is 0 Å². The van der Waals surface area contributed by atoms with Gasteiger partial charge in [-0.25, -0.2) is 20.0 Å². The van der Waals surface area contributed by atoms with Crippen molar-refractivity contribution in [3.63, 3.8) is 0 Å². The molecule has 15 heteroatoms. The predicted molar refractivity (Wildman–Crippen MR) is 197 cm³/mol. The summed E-state index contributed by atoms with van der Waals surface area (Å²) < 4.78 is 0. The van der Waals surface area contributed by atoms with Crippen molar-refractivity contribution in [3.05, 3.63) is 117 Å². The molecule has 0 saturated carbocycles. The van der Waals surface area contributed by atoms with Crippen LogP contribution in [0.5, 0.6) is 0 Å². The largest absolute Gasteiger partial charge is 0.368 e. The molecule has 4 aliphatic rings. The van der Waals surface area contributed by atoms with Crippen LogP contribution in [-0.4, -0.2) is 65.7 Å². The summed E-state index contributed by atoms with van der Waals surface area (Å²) in [5.74, 6) is 0.352. The molecule has 0 amide bonds. The third-order valence-electron chi connectivity index (χ3n) is 8.66. The van der Waals surface area contributed by atoms with Crippen molar-refractivity contribution in [3.8, 4) is 0 Å². The summed E-state index contributed by atoms with van der Waals surface area (Å²) in [6.45, 7) is 2.35. The minimum Gasteiger partial charge on any atom is -0.368 e. The molecular formula is C34H29Cl4N9O2. The Bertz CT molecular complexity index is 2240. The van der Waals surface area contributed by atoms with Gasteiger partial charge in [0.05, 0.1) is 34.5 Å². The molecule has 49 heavy (non-hydrogen) atoms. The number of aromatic amines is 1. The van der Waals surface area contributed by atoms with Crippen molar-refractivity contribution in [1.82, 2.24) is 15.6 Å². The smallest absolute Gasteiger partial charge is 0.272 e. The maximum absolute atomic E-state index is 14.4. The van der Waals surface area contributed by atoms with Crippen LogP contribution in [0, 0.1) is 0 Å². The quantitative estimate of drug-likeness (QED) is 0.230. The highest BCUT2D eigenvalue weighted by atomic mass is 35.5. The summed E-state index contributed by atoms with van der Waals surface area (Å²) in [7, 11) is 0. The van der Waals surface area contributed by atoms with Gasteiger partial charge in [0, 0.05) is 46.0 Å². The van der Waals surface area contributed by atoms with E-state index in [2.05, 4.69) is 25.6 Å². The minimum absolute atomic E-state index is 0. The number of hydrogen-bond donors (Lipinski definition) is 3. The molecule has 0 aliphatic carbocycles. The summed E-state index contributed by atoms with van der Waals surface area (Å²) in [5.41, 5.74) is -0.479. The molecule has 5 aromatic rings. The van der Waals surface area contributed by atoms with Crippen LogP contribution in [0.25, 0.3) is 21.8 Å². The third-order valence-corrected chi connectivity index (χ3v) is 8.66. The lowest BCUT2D eigenvalue weighted by atomic mass is 9.94. The van der Waals surface area contributed by atoms with Gasteiger partial charge < -0.3 is 15.6 Å². The van der Waals surface area contributed by atoms with Crippen molar-refractivity contribution in [1.29, 1.82) is 0 Å². The molecule has 0 unspecified atom stereocenters. The monoisotopic (exact) mass is 735 g/mol. The molecule has 0 bridgehead atoms. The van der Waals surface area contributed by atoms with E-state index in [0.29, 0.717) is 70.4 Å². The maximum Gasteiger partial charge on any atom is 0.272 e. The number of rotatable bonds is 6. The number of hydrogen-bond acceptors (Lipinski definition) is 10. The van der Waals surface area contributed by atoms with Crippen LogP contribution >= 0.6 is 49.6 Å². The number of carbonyl (C=O) groups excluding carboxylic acids is 2. The van der Waals surface area contributed by atoms with E-state index >= 15 is 0 Å². The zero-order valence-corrected chi connectivity index (χ0v) is 28.8. The summed E-state index contributed by atoms with van der Waals surface area (Å²) in [5, 5.41) is 10.7. The maximum atomic E-state index is 14.4. The van der Waals surface area contributed by atoms with Crippen molar-refractivity contribution >= 4 is 94.7 Å². The van der Waals surface area contributed by atoms with E-state index in [1.807, 2.05) is 72.8 Å². The highest BCUT2D eigenvalue weighted by Crippen LogP contribution is 2.32. The number of fused-ring (bicyclic) bond motifs is 5. The number of benzene rings is 4. The number of aliphatic imine (C=N–C) groups is 2. The van der Waals surface area contributed by atoms with E-state index < -0.39 is 11.3 Å². The Balaban J connectivity index is 0.00000117. The van der Waals surface area contributed by atoms with Gasteiger partial charge in [0.1, 0.15) is 0 Å². The number of Topliss-reactive ketones (excluding diaryl/α,β-unsaturated/α-hetero) is 2. The lowest BCUT2D eigenvalue weighted by Gasteiger charge is -2.22. The van der Waals surface area contributed by atoms with E-state index in [-0.39, 0.29) is 61.2 Å². The summed E-state index contributed by atoms with van der Waals surface area (Å²) >= 11 is 0. The first-order valence-electron chi connectivity index (χ1n) is 14.9. The standard InChI is InChI=1S/C34H25N9O2.4ClH/c44-29(33(31-35-13-14-36-31)40-25-5-1-2-6-26(25)41-33)19-9-11-23-21(17-19)22-18-20(10-12-24(22)39-23)30(45)34(32-37-15-16-38-32)42-27-7-3-4-8-28(27)43-34;;;;/h1-12,17-18,39H,13-16H2,(H,35,36)(H,37,38);4*1H. The molecule has 5 heterocycles. The van der Waals surface area contributed by atoms with Crippen LogP contribution in [0.2, 0.25) is 0 Å². The number of carbonyl (C=O) groups is 2. The summed E-state index contributed by atoms with van der Waals surface area (Å²) in [4.78, 5) is 60.5. The van der Waals surface area contributed by atoms with Crippen LogP contribution < -0.4 is 32.1 Å². The number of nitrogens with one attached hydrogen (secondary N) is 3. The molecule has 4 aliphatic heterocycles. The first kappa shape index (κ1) is 35.6. The van der Waals surface area contributed by atoms with Gasteiger partial charge in [-0.05, 0) is 60.7 Å². The zero-order valence-electron chi connectivity index (χ0n) is 25.5. The average Bonchev–Trinajstić information content (AvgIpc) is 3.91. The molecular weight excluding hydrogens is 708 g/mol. The van der Waals surface area contributed by atoms with Crippen molar-refractivity contribution < 1.29 is 9.59 Å². The van der Waals surface area contributed by atoms with Crippen molar-refractivity contribution in [2.75, 3.05) is 26.2 Å². The van der Waals surface area contributed by atoms with E-state index in [4.69, 9.17) is 20.0 Å². The fraction of sp³-hybridized carbons (Fsp3) is 0.176. The van der Waals surface area contributed by atoms with E-state index in [0.717, 1.165) is 21.8 Å². The average molecular weight is 737 g/mol. The molecule has 0 saturated heterocycles. The molecule has 0 atom stereocenters. The van der Waals surface area contributed by atoms with Crippen molar-refractivity contribution in [2.24, 2.45) is 30.0 Å². The van der Waals surface area contributed by atoms with Gasteiger partial charge in [-0.3, -0.25) is 19.6 Å². The number of halogens is 4. The Hall–Kier alpha value is -4.68. The molecule has 3 N–H and O–H groups in total. The van der Waals surface area contributed by atoms with Crippen LogP contribution in [0.3, 0.4) is 0 Å². The highest BCUT2D eigenvalue weighted by molar-refractivity contribution is 6.23. The SMILES string of the molecule is Cl.Cl.Cl.Cl.O=C(c1ccc2[nH]c3ccc(C(=O)C4(C5=NCCN5)N=c5ccccc5=N4)cc3c2c1)C1(C2=NCCN2)N=c2ccccc2=N1. The minimum atomic E-state index is -1.51. The fourth-order valence-electron chi connectivity index (χ4n) is 6.53. The van der Waals surface area contributed by atoms with Gasteiger partial charge in [-0.2, -0.15) is 0 Å². The van der Waals surface area contributed by atoms with Crippen LogP contribution in [0.1, 0.15) is 20.7 Å². The molecule has 9 rings (SSSR count). The summed E-state index contributed by atoms with van der Waals surface area (Å²) in [6.07, 6.45) is 0. The molecule has 250 valence electrons. The fourth-order valence-corrected chi connectivity index (χ4v) is 6.53. The Morgan fingerprint density at radius 2 is 0.898 bits per heavy atom. The van der Waals surface area contributed by atoms with Crippen LogP contribution in [-0.2, 0) is 0 Å². The molecule has 0 radical (unpaired) electrons. The molecule has 0 fully saturated rings. The number of nitrogens with zero attached hydrogens (tertiary/aromatic N) is 6. The third kappa shape index (κ3) is 5.37. The van der Waals surface area contributed by atoms with E-state index in [1.165, 1.54) is 0 Å². The van der Waals surface area contributed by atoms with Gasteiger partial charge in [0.25, 0.3) is 11.3 Å². The van der Waals surface area contributed by atoms with Crippen LogP contribution in [0.4, 0.5) is 0 Å². The zero-order chi connectivity index (χ0) is 30.2. The first-order chi connectivity index (χ1) is 22.0. The Morgan fingerprint density at radius 1 is 0.531 bits per heavy atom. The van der Waals surface area contributed by atoms with Crippen LogP contribution in [0.15, 0.2) is 115 Å². The van der Waals surface area contributed by atoms with Gasteiger partial charge in [-0.1, -0.05) is 24.3 Å². The molecule has 4 aromatic carbocycles. The van der Waals surface area contributed by atoms with E-state index in [9.17, 15) is 9.59 Å². The number of ketones is 2. The normalized spacial score (nSPS) is 16.9. The second-order valence-corrected chi connectivity index (χ2v) is 11.4. The molecule has 0 spiro atoms. The molecule has 1 aromatic heterocycles. The number of H-pyrrole nitrogens is 1. The number of amidine groups is 2. The lowest BCUT2D eigenvalue weighted by Crippen LogP contribution is -2.48. The second-order valence-electron chi connectivity index (χ2n) is 11.4. The van der Waals surface area contributed by atoms with Gasteiger partial charge in [0.15, 0.2) is 11.7 Å². The van der Waals surface area contributed by atoms with E-state index in [1.54, 1.807) is 12.1 Å². The highest BCUT2D eigenvalue weighted by Gasteiger charge is 2.48. The Morgan fingerprint density at radius 3 is 1.22 bits per heavy atom. The molecule has 11 nitrogen and oxygen atoms in total. The van der Waals surface area contributed by atoms with Gasteiger partial charge in [0.2, 0.25) is 11.6 Å². The van der Waals surface area contributed by atoms with Gasteiger partial charge in [-0.15, -0.1) is 49.6 Å². The lowest BCUT2D eigenvalue weighted by molar-refractivity contribution is 0.0929. The Kier molecular flexibility index (Phi) is 9.68. The summed E-state index contributed by atoms with van der Waals surface area (Å²) in [6, 6.07) is 25.9. The second kappa shape index (κ2) is 13.3. The number of para-hydroxylation sites is 4.